The summed E-state index contributed by atoms with van der Waals surface area (Å²) < 4.78 is 51.2. The van der Waals surface area contributed by atoms with Crippen LogP contribution in [0.2, 0.25) is 0 Å². The molecule has 0 saturated carbocycles. The predicted octanol–water partition coefficient (Wildman–Crippen LogP) is 3.37. The molecule has 0 amide bonds. The number of hydrazine groups is 1. The highest BCUT2D eigenvalue weighted by atomic mass is 32.2. The molecule has 11 heteroatoms. The number of aromatic nitrogens is 1. The second kappa shape index (κ2) is 10.7. The molecule has 0 bridgehead atoms. The van der Waals surface area contributed by atoms with E-state index < -0.39 is 10.1 Å². The van der Waals surface area contributed by atoms with E-state index in [0.29, 0.717) is 49.0 Å². The summed E-state index contributed by atoms with van der Waals surface area (Å²) in [5, 5.41) is 5.62. The maximum atomic E-state index is 14.7. The van der Waals surface area contributed by atoms with Crippen molar-refractivity contribution >= 4 is 21.8 Å². The monoisotopic (exact) mass is 476 g/mol. The Hall–Kier alpha value is -3.12. The number of morpholine rings is 1. The van der Waals surface area contributed by atoms with E-state index in [2.05, 4.69) is 10.1 Å². The summed E-state index contributed by atoms with van der Waals surface area (Å²) in [5.41, 5.74) is 2.90. The van der Waals surface area contributed by atoms with E-state index in [1.54, 1.807) is 18.2 Å². The van der Waals surface area contributed by atoms with Crippen LogP contribution in [-0.2, 0) is 14.9 Å². The van der Waals surface area contributed by atoms with Gasteiger partial charge in [-0.3, -0.25) is 9.56 Å². The van der Waals surface area contributed by atoms with Crippen LogP contribution in [0.5, 0.6) is 0 Å². The van der Waals surface area contributed by atoms with Crippen LogP contribution in [0.25, 0.3) is 11.1 Å². The largest absolute Gasteiger partial charge is 0.372 e. The molecule has 2 heterocycles. The maximum absolute atomic E-state index is 14.7. The third kappa shape index (κ3) is 7.19. The van der Waals surface area contributed by atoms with E-state index in [4.69, 9.17) is 19.7 Å². The first-order valence-electron chi connectivity index (χ1n) is 10.0. The molecule has 9 nitrogen and oxygen atoms in total. The molecule has 1 aliphatic heterocycles. The summed E-state index contributed by atoms with van der Waals surface area (Å²) in [6.07, 6.45) is 0.715. The molecule has 1 aliphatic rings. The van der Waals surface area contributed by atoms with Crippen LogP contribution in [0, 0.1) is 5.82 Å². The van der Waals surface area contributed by atoms with E-state index in [9.17, 15) is 12.8 Å². The van der Waals surface area contributed by atoms with Crippen molar-refractivity contribution in [3.05, 3.63) is 71.7 Å². The molecule has 3 N–H and O–H groups in total. The van der Waals surface area contributed by atoms with Crippen molar-refractivity contribution in [3.8, 4) is 11.1 Å². The molecule has 4 rings (SSSR count). The Balaban J connectivity index is 0.000000555. The van der Waals surface area contributed by atoms with E-state index in [-0.39, 0.29) is 11.7 Å². The summed E-state index contributed by atoms with van der Waals surface area (Å²) in [4.78, 5) is 4.36. The molecule has 1 atom stereocenters. The average Bonchev–Trinajstić information content (AvgIpc) is 3.23. The van der Waals surface area contributed by atoms with Gasteiger partial charge in [0.1, 0.15) is 18.3 Å². The Labute approximate surface area is 191 Å². The molecule has 0 unspecified atom stereocenters. The fraction of sp³-hybridized carbons (Fsp3) is 0.273. The number of amidine groups is 1. The van der Waals surface area contributed by atoms with Crippen molar-refractivity contribution < 1.29 is 26.6 Å². The van der Waals surface area contributed by atoms with Crippen molar-refractivity contribution in [1.82, 2.24) is 10.2 Å². The topological polar surface area (TPSA) is 131 Å². The second-order valence-corrected chi connectivity index (χ2v) is 8.89. The Morgan fingerprint density at radius 3 is 2.55 bits per heavy atom. The molecular formula is C22H25FN4O5S. The van der Waals surface area contributed by atoms with Gasteiger partial charge in [-0.25, -0.2) is 10.2 Å². The smallest absolute Gasteiger partial charge is 0.261 e. The second-order valence-electron chi connectivity index (χ2n) is 7.42. The fourth-order valence-electron chi connectivity index (χ4n) is 3.12. The van der Waals surface area contributed by atoms with E-state index in [0.717, 1.165) is 11.1 Å². The predicted molar refractivity (Wildman–Crippen MR) is 122 cm³/mol. The number of nitrogens with two attached hydrogens (primary N) is 1. The zero-order valence-electron chi connectivity index (χ0n) is 18.2. The number of halogens is 1. The van der Waals surface area contributed by atoms with Gasteiger partial charge in [-0.15, -0.1) is 0 Å². The SMILES string of the molecule is CS(=O)(=O)O.C[C@@H](c1ccc(-c2ccccc2)c(F)c1)c1cc(N=C2COCCN2N)on1. The maximum Gasteiger partial charge on any atom is 0.261 e. The van der Waals surface area contributed by atoms with Crippen LogP contribution in [-0.4, -0.2) is 55.0 Å². The third-order valence-electron chi connectivity index (χ3n) is 4.82. The number of hydrogen-bond acceptors (Lipinski definition) is 7. The number of rotatable bonds is 4. The van der Waals surface area contributed by atoms with Gasteiger partial charge < -0.3 is 9.26 Å². The minimum absolute atomic E-state index is 0.145. The van der Waals surface area contributed by atoms with E-state index >= 15 is 0 Å². The Kier molecular flexibility index (Phi) is 7.92. The molecule has 0 aliphatic carbocycles. The van der Waals surface area contributed by atoms with Crippen LogP contribution in [0.4, 0.5) is 10.3 Å². The summed E-state index contributed by atoms with van der Waals surface area (Å²) in [6.45, 7) is 3.42. The Morgan fingerprint density at radius 2 is 1.91 bits per heavy atom. The van der Waals surface area contributed by atoms with Gasteiger partial charge in [0.2, 0.25) is 0 Å². The molecule has 1 aromatic heterocycles. The van der Waals surface area contributed by atoms with Crippen LogP contribution < -0.4 is 5.84 Å². The van der Waals surface area contributed by atoms with E-state index in [1.807, 2.05) is 43.3 Å². The average molecular weight is 477 g/mol. The highest BCUT2D eigenvalue weighted by molar-refractivity contribution is 7.85. The minimum atomic E-state index is -3.67. The van der Waals surface area contributed by atoms with Gasteiger partial charge in [0.05, 0.1) is 25.1 Å². The molecule has 1 fully saturated rings. The van der Waals surface area contributed by atoms with Crippen LogP contribution in [0.15, 0.2) is 64.1 Å². The van der Waals surface area contributed by atoms with Gasteiger partial charge in [-0.1, -0.05) is 54.5 Å². The molecule has 0 radical (unpaired) electrons. The molecule has 0 spiro atoms. The first-order chi connectivity index (χ1) is 15.6. The van der Waals surface area contributed by atoms with Crippen molar-refractivity contribution in [2.75, 3.05) is 26.0 Å². The molecular weight excluding hydrogens is 451 g/mol. The summed E-state index contributed by atoms with van der Waals surface area (Å²) in [7, 11) is -3.67. The quantitative estimate of drug-likeness (QED) is 0.433. The summed E-state index contributed by atoms with van der Waals surface area (Å²) >= 11 is 0. The third-order valence-corrected chi connectivity index (χ3v) is 4.82. The zero-order valence-corrected chi connectivity index (χ0v) is 19.0. The molecule has 2 aromatic carbocycles. The van der Waals surface area contributed by atoms with Crippen molar-refractivity contribution in [2.24, 2.45) is 10.8 Å². The standard InChI is InChI=1S/C21H21FN4O2.CH4O3S/c1-14(16-7-8-17(18(22)11-16)15-5-3-2-4-6-15)19-12-21(28-25-19)24-20-13-27-10-9-26(20)23;1-5(2,3)4/h2-8,11-12,14H,9-10,13,23H2,1H3;1H3,(H,2,3,4)/t14-;/m0./s1. The van der Waals surface area contributed by atoms with Gasteiger partial charge in [0.25, 0.3) is 16.0 Å². The minimum Gasteiger partial charge on any atom is -0.372 e. The lowest BCUT2D eigenvalue weighted by Crippen LogP contribution is -2.46. The van der Waals surface area contributed by atoms with Crippen LogP contribution >= 0.6 is 0 Å². The lowest BCUT2D eigenvalue weighted by Gasteiger charge is -2.24. The lowest BCUT2D eigenvalue weighted by molar-refractivity contribution is 0.116. The van der Waals surface area contributed by atoms with Crippen molar-refractivity contribution in [3.63, 3.8) is 0 Å². The highest BCUT2D eigenvalue weighted by Crippen LogP contribution is 2.30. The zero-order chi connectivity index (χ0) is 24.0. The van der Waals surface area contributed by atoms with Gasteiger partial charge in [0, 0.05) is 17.5 Å². The number of benzene rings is 2. The van der Waals surface area contributed by atoms with Gasteiger partial charge in [0.15, 0.2) is 0 Å². The van der Waals surface area contributed by atoms with Crippen molar-refractivity contribution in [1.29, 1.82) is 0 Å². The summed E-state index contributed by atoms with van der Waals surface area (Å²) in [6, 6.07) is 16.5. The van der Waals surface area contributed by atoms with Crippen LogP contribution in [0.3, 0.4) is 0 Å². The Morgan fingerprint density at radius 1 is 1.21 bits per heavy atom. The normalized spacial score (nSPS) is 16.3. The number of ether oxygens (including phenoxy) is 1. The Bertz CT molecular complexity index is 1210. The molecule has 3 aromatic rings. The van der Waals surface area contributed by atoms with E-state index in [1.165, 1.54) is 5.01 Å². The number of hydrogen-bond donors (Lipinski definition) is 2. The first-order valence-corrected chi connectivity index (χ1v) is 11.9. The van der Waals surface area contributed by atoms with Gasteiger partial charge in [-0.2, -0.15) is 13.4 Å². The lowest BCUT2D eigenvalue weighted by atomic mass is 9.95. The fourth-order valence-corrected chi connectivity index (χ4v) is 3.12. The molecule has 33 heavy (non-hydrogen) atoms. The van der Waals surface area contributed by atoms with Crippen LogP contribution in [0.1, 0.15) is 24.1 Å². The van der Waals surface area contributed by atoms with Crippen molar-refractivity contribution in [2.45, 2.75) is 12.8 Å². The van der Waals surface area contributed by atoms with Gasteiger partial charge in [-0.05, 0) is 17.2 Å². The summed E-state index contributed by atoms with van der Waals surface area (Å²) in [5.74, 6) is 6.40. The van der Waals surface area contributed by atoms with Gasteiger partial charge >= 0.3 is 0 Å². The number of aliphatic imine (C=N–C) groups is 1. The highest BCUT2D eigenvalue weighted by Gasteiger charge is 2.18. The number of nitrogens with zero attached hydrogens (tertiary/aromatic N) is 3. The molecule has 176 valence electrons. The molecule has 1 saturated heterocycles. The first kappa shape index (κ1) is 24.5.